The Labute approximate surface area is 147 Å². The van der Waals surface area contributed by atoms with E-state index in [0.717, 1.165) is 0 Å². The number of hydrogen-bond donors (Lipinski definition) is 2. The molecule has 2 N–H and O–H groups in total. The molecule has 0 aliphatic carbocycles. The molecule has 2 rings (SSSR count). The third-order valence-electron chi connectivity index (χ3n) is 4.95. The average Bonchev–Trinajstić information content (AvgIpc) is 2.91. The fraction of sp³-hybridized carbons (Fsp3) is 0.611. The number of amides is 1. The number of carboxylic acid groups (broad SMARTS) is 1. The molecule has 0 aromatic carbocycles. The summed E-state index contributed by atoms with van der Waals surface area (Å²) in [4.78, 5) is 41.3. The minimum Gasteiger partial charge on any atom is -0.481 e. The summed E-state index contributed by atoms with van der Waals surface area (Å²) >= 11 is 0. The van der Waals surface area contributed by atoms with Gasteiger partial charge in [-0.2, -0.15) is 0 Å². The number of aromatic amines is 1. The van der Waals surface area contributed by atoms with Gasteiger partial charge in [0.1, 0.15) is 11.1 Å². The molecule has 1 amide bonds. The lowest BCUT2D eigenvalue weighted by atomic mass is 9.80. The molecule has 2 heterocycles. The van der Waals surface area contributed by atoms with Crippen LogP contribution in [0.15, 0.2) is 0 Å². The van der Waals surface area contributed by atoms with E-state index in [1.807, 2.05) is 6.92 Å². The lowest BCUT2D eigenvalue weighted by molar-refractivity contribution is -0.155. The monoisotopic (exact) mass is 350 g/mol. The fourth-order valence-corrected chi connectivity index (χ4v) is 3.78. The summed E-state index contributed by atoms with van der Waals surface area (Å²) in [5.74, 6) is -1.29. The van der Waals surface area contributed by atoms with Crippen LogP contribution >= 0.6 is 0 Å². The van der Waals surface area contributed by atoms with Gasteiger partial charge >= 0.3 is 5.97 Å². The molecule has 1 aromatic rings. The van der Waals surface area contributed by atoms with Crippen molar-refractivity contribution >= 4 is 17.7 Å². The maximum absolute atomic E-state index is 13.0. The number of methoxy groups -OCH3 is 1. The number of piperidine rings is 1. The van der Waals surface area contributed by atoms with E-state index in [1.54, 1.807) is 11.8 Å². The predicted octanol–water partition coefficient (Wildman–Crippen LogP) is 2.04. The van der Waals surface area contributed by atoms with Crippen LogP contribution in [0.1, 0.15) is 58.8 Å². The van der Waals surface area contributed by atoms with Crippen molar-refractivity contribution in [2.75, 3.05) is 26.8 Å². The number of nitrogens with zero attached hydrogens (tertiary/aromatic N) is 1. The van der Waals surface area contributed by atoms with Crippen molar-refractivity contribution in [3.8, 4) is 0 Å². The molecular weight excluding hydrogens is 324 g/mol. The molecule has 1 saturated heterocycles. The fourth-order valence-electron chi connectivity index (χ4n) is 3.78. The summed E-state index contributed by atoms with van der Waals surface area (Å²) in [7, 11) is 1.47. The number of likely N-dealkylation sites (tertiary alicyclic amines) is 1. The molecule has 138 valence electrons. The number of ketones is 1. The van der Waals surface area contributed by atoms with Gasteiger partial charge in [0.25, 0.3) is 5.91 Å². The molecule has 1 aromatic heterocycles. The van der Waals surface area contributed by atoms with Crippen molar-refractivity contribution in [3.05, 3.63) is 22.5 Å². The predicted molar refractivity (Wildman–Crippen MR) is 92.0 cm³/mol. The molecule has 7 nitrogen and oxygen atoms in total. The van der Waals surface area contributed by atoms with Crippen LogP contribution in [0.2, 0.25) is 0 Å². The second-order valence-corrected chi connectivity index (χ2v) is 6.74. The number of aromatic nitrogens is 1. The highest BCUT2D eigenvalue weighted by Gasteiger charge is 2.44. The first-order valence-electron chi connectivity index (χ1n) is 8.51. The third-order valence-corrected chi connectivity index (χ3v) is 4.95. The minimum atomic E-state index is -1.08. The summed E-state index contributed by atoms with van der Waals surface area (Å²) in [5.41, 5.74) is 1.24. The highest BCUT2D eigenvalue weighted by molar-refractivity contribution is 6.02. The third kappa shape index (κ3) is 3.46. The van der Waals surface area contributed by atoms with E-state index in [1.165, 1.54) is 14.0 Å². The van der Waals surface area contributed by atoms with Crippen LogP contribution in [-0.2, 0) is 16.0 Å². The van der Waals surface area contributed by atoms with E-state index >= 15 is 0 Å². The largest absolute Gasteiger partial charge is 0.481 e. The zero-order chi connectivity index (χ0) is 18.8. The highest BCUT2D eigenvalue weighted by atomic mass is 16.5. The number of carbonyl (C=O) groups excluding carboxylic acids is 2. The van der Waals surface area contributed by atoms with Gasteiger partial charge in [-0.25, -0.2) is 0 Å². The van der Waals surface area contributed by atoms with Crippen LogP contribution in [0.4, 0.5) is 0 Å². The lowest BCUT2D eigenvalue weighted by Crippen LogP contribution is -2.52. The Balaban J connectivity index is 2.36. The Morgan fingerprint density at radius 2 is 2.04 bits per heavy atom. The molecule has 0 bridgehead atoms. The van der Waals surface area contributed by atoms with Gasteiger partial charge in [-0.3, -0.25) is 14.4 Å². The molecule has 1 aliphatic heterocycles. The quantitative estimate of drug-likeness (QED) is 0.765. The second-order valence-electron chi connectivity index (χ2n) is 6.74. The summed E-state index contributed by atoms with van der Waals surface area (Å²) in [6.07, 6.45) is 1.63. The van der Waals surface area contributed by atoms with Crippen LogP contribution in [-0.4, -0.2) is 59.5 Å². The summed E-state index contributed by atoms with van der Waals surface area (Å²) in [5, 5.41) is 9.64. The minimum absolute atomic E-state index is 0.0647. The van der Waals surface area contributed by atoms with Crippen molar-refractivity contribution in [3.63, 3.8) is 0 Å². The van der Waals surface area contributed by atoms with Crippen molar-refractivity contribution in [1.82, 2.24) is 9.88 Å². The number of hydrogen-bond acceptors (Lipinski definition) is 4. The summed E-state index contributed by atoms with van der Waals surface area (Å²) in [6.45, 7) is 5.82. The Morgan fingerprint density at radius 3 is 2.56 bits per heavy atom. The molecule has 0 saturated carbocycles. The number of H-pyrrole nitrogens is 1. The maximum Gasteiger partial charge on any atom is 0.313 e. The van der Waals surface area contributed by atoms with E-state index in [9.17, 15) is 19.5 Å². The summed E-state index contributed by atoms with van der Waals surface area (Å²) < 4.78 is 5.11. The molecule has 7 heteroatoms. The number of ether oxygens (including phenoxy) is 1. The SMILES string of the molecule is CCc1c(C(=O)N2CCCC(COC)(C(=O)O)C2)[nH]c(C)c1C(C)=O. The lowest BCUT2D eigenvalue weighted by Gasteiger charge is -2.39. The number of carboxylic acids is 1. The molecule has 0 radical (unpaired) electrons. The molecule has 1 aliphatic rings. The molecule has 1 unspecified atom stereocenters. The average molecular weight is 350 g/mol. The Kier molecular flexibility index (Phi) is 5.67. The van der Waals surface area contributed by atoms with E-state index in [2.05, 4.69) is 4.98 Å². The second kappa shape index (κ2) is 7.39. The number of aliphatic carboxylic acids is 1. The molecule has 1 fully saturated rings. The van der Waals surface area contributed by atoms with Crippen molar-refractivity contribution in [1.29, 1.82) is 0 Å². The van der Waals surface area contributed by atoms with E-state index < -0.39 is 11.4 Å². The van der Waals surface area contributed by atoms with Crippen molar-refractivity contribution in [2.45, 2.75) is 40.0 Å². The van der Waals surface area contributed by atoms with Crippen LogP contribution in [0.25, 0.3) is 0 Å². The summed E-state index contributed by atoms with van der Waals surface area (Å²) in [6, 6.07) is 0. The van der Waals surface area contributed by atoms with Gasteiger partial charge in [-0.1, -0.05) is 6.92 Å². The zero-order valence-corrected chi connectivity index (χ0v) is 15.3. The van der Waals surface area contributed by atoms with Crippen molar-refractivity contribution < 1.29 is 24.2 Å². The standard InChI is InChI=1S/C18H26N2O5/c1-5-13-14(12(3)21)11(2)19-15(13)16(22)20-8-6-7-18(9-20,10-25-4)17(23)24/h19H,5-10H2,1-4H3,(H,23,24). The van der Waals surface area contributed by atoms with Gasteiger partial charge < -0.3 is 19.7 Å². The number of aryl methyl sites for hydroxylation is 1. The number of rotatable bonds is 6. The Hall–Kier alpha value is -2.15. The number of nitrogens with one attached hydrogen (secondary N) is 1. The normalized spacial score (nSPS) is 20.6. The van der Waals surface area contributed by atoms with Crippen LogP contribution in [0, 0.1) is 12.3 Å². The van der Waals surface area contributed by atoms with Gasteiger partial charge in [0, 0.05) is 31.5 Å². The van der Waals surface area contributed by atoms with Gasteiger partial charge in [0.2, 0.25) is 0 Å². The van der Waals surface area contributed by atoms with Crippen LogP contribution < -0.4 is 0 Å². The maximum atomic E-state index is 13.0. The van der Waals surface area contributed by atoms with E-state index in [-0.39, 0.29) is 24.8 Å². The van der Waals surface area contributed by atoms with Gasteiger partial charge in [0.15, 0.2) is 5.78 Å². The first-order valence-corrected chi connectivity index (χ1v) is 8.51. The zero-order valence-electron chi connectivity index (χ0n) is 15.3. The Bertz CT molecular complexity index is 690. The van der Waals surface area contributed by atoms with Gasteiger partial charge in [0.05, 0.1) is 6.61 Å². The van der Waals surface area contributed by atoms with Crippen LogP contribution in [0.3, 0.4) is 0 Å². The number of Topliss-reactive ketones (excluding diaryl/α,β-unsaturated/α-hetero) is 1. The Morgan fingerprint density at radius 1 is 1.36 bits per heavy atom. The van der Waals surface area contributed by atoms with Gasteiger partial charge in [-0.05, 0) is 38.7 Å². The smallest absolute Gasteiger partial charge is 0.313 e. The van der Waals surface area contributed by atoms with Gasteiger partial charge in [-0.15, -0.1) is 0 Å². The van der Waals surface area contributed by atoms with Crippen molar-refractivity contribution in [2.24, 2.45) is 5.41 Å². The number of carbonyl (C=O) groups is 3. The highest BCUT2D eigenvalue weighted by Crippen LogP contribution is 2.32. The van der Waals surface area contributed by atoms with E-state index in [0.29, 0.717) is 48.3 Å². The first kappa shape index (κ1) is 19.2. The molecular formula is C18H26N2O5. The topological polar surface area (TPSA) is 99.7 Å². The molecule has 25 heavy (non-hydrogen) atoms. The van der Waals surface area contributed by atoms with E-state index in [4.69, 9.17) is 4.74 Å². The molecule has 0 spiro atoms. The van der Waals surface area contributed by atoms with Crippen LogP contribution in [0.5, 0.6) is 0 Å². The first-order chi connectivity index (χ1) is 11.8. The molecule has 1 atom stereocenters.